The van der Waals surface area contributed by atoms with Crippen LogP contribution in [0.5, 0.6) is 11.5 Å². The summed E-state index contributed by atoms with van der Waals surface area (Å²) in [5, 5.41) is 0.430. The van der Waals surface area contributed by atoms with E-state index in [0.29, 0.717) is 33.9 Å². The molecule has 194 valence electrons. The van der Waals surface area contributed by atoms with Crippen molar-refractivity contribution in [1.82, 2.24) is 14.5 Å². The topological polar surface area (TPSA) is 90.7 Å². The normalized spacial score (nSPS) is 12.9. The highest BCUT2D eigenvalue weighted by atomic mass is 18.2. The number of rotatable bonds is 8. The molecule has 0 aliphatic carbocycles. The molecule has 8 nitrogen and oxygen atoms in total. The van der Waals surface area contributed by atoms with E-state index in [9.17, 15) is 18.8 Å². The van der Waals surface area contributed by atoms with E-state index in [4.69, 9.17) is 14.5 Å². The summed E-state index contributed by atoms with van der Waals surface area (Å²) >= 11 is 0. The quantitative estimate of drug-likeness (QED) is 0.319. The van der Waals surface area contributed by atoms with Crippen molar-refractivity contribution in [2.24, 2.45) is 0 Å². The summed E-state index contributed by atoms with van der Waals surface area (Å²) in [5.41, 5.74) is 2.21. The van der Waals surface area contributed by atoms with Gasteiger partial charge < -0.3 is 9.47 Å². The maximum atomic E-state index is 13.6. The van der Waals surface area contributed by atoms with Crippen LogP contribution in [0.15, 0.2) is 65.5 Å². The van der Waals surface area contributed by atoms with E-state index in [-0.39, 0.29) is 35.8 Å². The summed E-state index contributed by atoms with van der Waals surface area (Å²) in [6.45, 7) is 4.65. The maximum Gasteiger partial charge on any atom is 0.265 e. The zero-order chi connectivity index (χ0) is 27.0. The first-order valence-electron chi connectivity index (χ1n) is 12.3. The van der Waals surface area contributed by atoms with E-state index in [2.05, 4.69) is 0 Å². The smallest absolute Gasteiger partial charge is 0.265 e. The SMILES string of the molecule is Cc1ccc2c(=O)n(-c3ccc(OC[18F])cc3)c(CCN3C(=O)c4cccc(OC(C)C)c4C3=O)nc2c1. The number of carbonyl (C=O) groups excluding carboxylic acids is 2. The first kappa shape index (κ1) is 25.1. The van der Waals surface area contributed by atoms with Crippen LogP contribution < -0.4 is 15.0 Å². The molecule has 38 heavy (non-hydrogen) atoms. The van der Waals surface area contributed by atoms with Crippen molar-refractivity contribution in [3.8, 4) is 17.2 Å². The number of nitrogens with zero attached hydrogens (tertiary/aromatic N) is 3. The predicted octanol–water partition coefficient (Wildman–Crippen LogP) is 4.63. The van der Waals surface area contributed by atoms with E-state index in [1.165, 1.54) is 4.57 Å². The van der Waals surface area contributed by atoms with Crippen LogP contribution >= 0.6 is 0 Å². The zero-order valence-corrected chi connectivity index (χ0v) is 21.2. The largest absolute Gasteiger partial charge is 0.490 e. The highest BCUT2D eigenvalue weighted by Gasteiger charge is 2.38. The Morgan fingerprint density at radius 2 is 1.74 bits per heavy atom. The average Bonchev–Trinajstić information content (AvgIpc) is 3.13. The van der Waals surface area contributed by atoms with Crippen LogP contribution in [0.3, 0.4) is 0 Å². The first-order chi connectivity index (χ1) is 18.3. The Balaban J connectivity index is 1.53. The molecule has 1 aromatic heterocycles. The molecule has 0 saturated carbocycles. The molecule has 5 rings (SSSR count). The zero-order valence-electron chi connectivity index (χ0n) is 21.2. The lowest BCUT2D eigenvalue weighted by Crippen LogP contribution is -2.33. The van der Waals surface area contributed by atoms with Crippen LogP contribution in [0.25, 0.3) is 16.6 Å². The molecule has 0 bridgehead atoms. The number of benzene rings is 3. The summed E-state index contributed by atoms with van der Waals surface area (Å²) < 4.78 is 24.7. The van der Waals surface area contributed by atoms with Crippen molar-refractivity contribution in [2.45, 2.75) is 33.3 Å². The fourth-order valence-corrected chi connectivity index (χ4v) is 4.60. The van der Waals surface area contributed by atoms with Crippen molar-refractivity contribution in [3.63, 3.8) is 0 Å². The van der Waals surface area contributed by atoms with Crippen molar-refractivity contribution in [2.75, 3.05) is 13.4 Å². The third-order valence-corrected chi connectivity index (χ3v) is 6.29. The molecule has 9 heteroatoms. The lowest BCUT2D eigenvalue weighted by Gasteiger charge is -2.18. The number of carbonyl (C=O) groups is 2. The Bertz CT molecular complexity index is 1610. The molecule has 2 heterocycles. The number of fused-ring (bicyclic) bond motifs is 2. The second-order valence-corrected chi connectivity index (χ2v) is 9.29. The summed E-state index contributed by atoms with van der Waals surface area (Å²) in [6.07, 6.45) is -0.0342. The van der Waals surface area contributed by atoms with Gasteiger partial charge in [0.15, 0.2) is 0 Å². The standard InChI is InChI=1S/C29H26FN3O5/c1-17(2)38-24-6-4-5-22-26(24)29(36)32(27(22)34)14-13-25-31-23-15-18(3)7-12-21(23)28(35)33(25)19-8-10-20(11-9-19)37-16-30/h4-12,15,17H,13-14,16H2,1-3H3/i30-1. The first-order valence-corrected chi connectivity index (χ1v) is 12.3. The number of ether oxygens (including phenoxy) is 2. The second-order valence-electron chi connectivity index (χ2n) is 9.29. The molecule has 1 aliphatic heterocycles. The fraction of sp³-hybridized carbons (Fsp3) is 0.241. The number of aryl methyl sites for hydroxylation is 1. The summed E-state index contributed by atoms with van der Waals surface area (Å²) in [5.74, 6) is 0.199. The molecular weight excluding hydrogens is 488 g/mol. The minimum Gasteiger partial charge on any atom is -0.490 e. The molecule has 4 aromatic rings. The number of amides is 2. The Kier molecular flexibility index (Phi) is 6.67. The van der Waals surface area contributed by atoms with Gasteiger partial charge in [0.25, 0.3) is 17.4 Å². The lowest BCUT2D eigenvalue weighted by atomic mass is 10.1. The average molecular weight is 515 g/mol. The highest BCUT2D eigenvalue weighted by Crippen LogP contribution is 2.32. The van der Waals surface area contributed by atoms with Gasteiger partial charge in [0.05, 0.1) is 33.8 Å². The summed E-state index contributed by atoms with van der Waals surface area (Å²) in [7, 11) is 0. The Labute approximate surface area is 218 Å². The van der Waals surface area contributed by atoms with Gasteiger partial charge in [-0.25, -0.2) is 9.37 Å². The Hall–Kier alpha value is -4.53. The van der Waals surface area contributed by atoms with Gasteiger partial charge in [0, 0.05) is 13.0 Å². The van der Waals surface area contributed by atoms with E-state index >= 15 is 0 Å². The van der Waals surface area contributed by atoms with Crippen LogP contribution in [0.4, 0.5) is 4.39 Å². The van der Waals surface area contributed by atoms with E-state index in [1.807, 2.05) is 32.9 Å². The molecule has 0 unspecified atom stereocenters. The van der Waals surface area contributed by atoms with Gasteiger partial charge in [-0.05, 0) is 74.9 Å². The van der Waals surface area contributed by atoms with Crippen LogP contribution in [0.2, 0.25) is 0 Å². The molecule has 0 saturated heterocycles. The summed E-state index contributed by atoms with van der Waals surface area (Å²) in [4.78, 5) is 46.0. The molecule has 3 aromatic carbocycles. The van der Waals surface area contributed by atoms with E-state index in [0.717, 1.165) is 10.5 Å². The third-order valence-electron chi connectivity index (χ3n) is 6.29. The molecule has 0 fully saturated rings. The van der Waals surface area contributed by atoms with Crippen molar-refractivity contribution >= 4 is 22.7 Å². The Morgan fingerprint density at radius 3 is 2.45 bits per heavy atom. The molecule has 0 atom stereocenters. The number of aromatic nitrogens is 2. The molecule has 2 amide bonds. The van der Waals surface area contributed by atoms with Gasteiger partial charge in [0.2, 0.25) is 6.86 Å². The second kappa shape index (κ2) is 10.1. The number of halogens is 1. The maximum absolute atomic E-state index is 13.6. The minimum absolute atomic E-state index is 0.0142. The highest BCUT2D eigenvalue weighted by molar-refractivity contribution is 6.22. The third kappa shape index (κ3) is 4.51. The van der Waals surface area contributed by atoms with Gasteiger partial charge in [0.1, 0.15) is 17.3 Å². The molecule has 0 spiro atoms. The van der Waals surface area contributed by atoms with Gasteiger partial charge in [-0.1, -0.05) is 12.1 Å². The van der Waals surface area contributed by atoms with Gasteiger partial charge in [-0.15, -0.1) is 0 Å². The van der Waals surface area contributed by atoms with Crippen LogP contribution in [-0.2, 0) is 6.42 Å². The molecule has 0 radical (unpaired) electrons. The van der Waals surface area contributed by atoms with E-state index in [1.54, 1.807) is 48.5 Å². The lowest BCUT2D eigenvalue weighted by molar-refractivity contribution is 0.0653. The minimum atomic E-state index is -0.967. The number of alkyl halides is 1. The molecule has 1 aliphatic rings. The van der Waals surface area contributed by atoms with Crippen molar-refractivity contribution in [3.05, 3.63) is 93.5 Å². The van der Waals surface area contributed by atoms with Gasteiger partial charge in [-0.2, -0.15) is 0 Å². The monoisotopic (exact) mass is 514 g/mol. The fourth-order valence-electron chi connectivity index (χ4n) is 4.60. The van der Waals surface area contributed by atoms with E-state index < -0.39 is 18.7 Å². The number of imide groups is 1. The van der Waals surface area contributed by atoms with Crippen molar-refractivity contribution in [1.29, 1.82) is 0 Å². The van der Waals surface area contributed by atoms with Gasteiger partial charge >= 0.3 is 0 Å². The van der Waals surface area contributed by atoms with Crippen LogP contribution in [0, 0.1) is 6.92 Å². The van der Waals surface area contributed by atoms with Crippen LogP contribution in [0.1, 0.15) is 46.0 Å². The van der Waals surface area contributed by atoms with Gasteiger partial charge in [-0.3, -0.25) is 23.9 Å². The van der Waals surface area contributed by atoms with Crippen molar-refractivity contribution < 1.29 is 23.5 Å². The van der Waals surface area contributed by atoms with Crippen LogP contribution in [-0.4, -0.2) is 45.8 Å². The Morgan fingerprint density at radius 1 is 0.974 bits per heavy atom. The summed E-state index contributed by atoms with van der Waals surface area (Å²) in [6, 6.07) is 16.7. The number of hydrogen-bond donors (Lipinski definition) is 0. The molecular formula is C29H26FN3O5. The predicted molar refractivity (Wildman–Crippen MR) is 140 cm³/mol. The molecule has 0 N–H and O–H groups in total. The number of hydrogen-bond acceptors (Lipinski definition) is 6.